The van der Waals surface area contributed by atoms with Gasteiger partial charge >= 0.3 is 0 Å². The largest absolute Gasteiger partial charge is 0.379 e. The zero-order chi connectivity index (χ0) is 19.8. The summed E-state index contributed by atoms with van der Waals surface area (Å²) in [5.41, 5.74) is 3.69. The molecule has 0 saturated carbocycles. The molecule has 0 bridgehead atoms. The van der Waals surface area contributed by atoms with E-state index in [1.807, 2.05) is 6.92 Å². The molecule has 0 atom stereocenters. The highest BCUT2D eigenvalue weighted by Crippen LogP contribution is 1.87. The molecule has 0 aromatic carbocycles. The van der Waals surface area contributed by atoms with Gasteiger partial charge in [0.05, 0.1) is 85.8 Å². The lowest BCUT2D eigenvalue weighted by Gasteiger charge is -2.08. The second-order valence-corrected chi connectivity index (χ2v) is 5.63. The molecule has 0 aliphatic heterocycles. The lowest BCUT2D eigenvalue weighted by molar-refractivity contribution is -0.374. The third-order valence-electron chi connectivity index (χ3n) is 3.19. The van der Waals surface area contributed by atoms with Crippen LogP contribution in [-0.4, -0.2) is 98.3 Å². The van der Waals surface area contributed by atoms with Crippen molar-refractivity contribution in [3.05, 3.63) is 0 Å². The van der Waals surface area contributed by atoms with Gasteiger partial charge in [0.2, 0.25) is 5.91 Å². The number of rotatable bonds is 22. The second-order valence-electron chi connectivity index (χ2n) is 5.63. The molecule has 0 unspecified atom stereocenters. The van der Waals surface area contributed by atoms with Crippen molar-refractivity contribution in [2.75, 3.05) is 92.4 Å². The zero-order valence-corrected chi connectivity index (χ0v) is 16.9. The summed E-state index contributed by atoms with van der Waals surface area (Å²) in [5, 5.41) is 2.80. The van der Waals surface area contributed by atoms with E-state index in [0.717, 1.165) is 13.0 Å². The van der Waals surface area contributed by atoms with Gasteiger partial charge in [-0.15, -0.1) is 0 Å². The second kappa shape index (κ2) is 23.2. The molecule has 0 aliphatic rings. The summed E-state index contributed by atoms with van der Waals surface area (Å²) in [5.74, 6) is 0.0266. The summed E-state index contributed by atoms with van der Waals surface area (Å²) in [4.78, 5) is 11.3. The third kappa shape index (κ3) is 23.2. The average molecular weight is 396 g/mol. The highest BCUT2D eigenvalue weighted by molar-refractivity contribution is 5.75. The van der Waals surface area contributed by atoms with Crippen LogP contribution < -0.4 is 11.1 Å². The summed E-state index contributed by atoms with van der Waals surface area (Å²) in [6, 6.07) is 0. The van der Waals surface area contributed by atoms with E-state index in [1.165, 1.54) is 0 Å². The van der Waals surface area contributed by atoms with E-state index < -0.39 is 0 Å². The van der Waals surface area contributed by atoms with Gasteiger partial charge in [-0.2, -0.15) is 0 Å². The molecule has 0 aliphatic carbocycles. The SMILES string of the molecule is CCCNC(=O)CCOCCOCCOCCOCCOCCOCC[NH3+]. The molecule has 9 nitrogen and oxygen atoms in total. The predicted molar refractivity (Wildman–Crippen MR) is 101 cm³/mol. The van der Waals surface area contributed by atoms with Crippen LogP contribution in [0.5, 0.6) is 0 Å². The van der Waals surface area contributed by atoms with Crippen molar-refractivity contribution in [3.63, 3.8) is 0 Å². The molecule has 0 heterocycles. The fourth-order valence-electron chi connectivity index (χ4n) is 1.82. The van der Waals surface area contributed by atoms with Crippen LogP contribution in [0.1, 0.15) is 19.8 Å². The minimum absolute atomic E-state index is 0.0266. The molecule has 0 saturated heterocycles. The van der Waals surface area contributed by atoms with Gasteiger partial charge in [-0.3, -0.25) is 4.79 Å². The van der Waals surface area contributed by atoms with Gasteiger partial charge in [-0.1, -0.05) is 6.92 Å². The monoisotopic (exact) mass is 395 g/mol. The normalized spacial score (nSPS) is 11.0. The topological polar surface area (TPSA) is 112 Å². The summed E-state index contributed by atoms with van der Waals surface area (Å²) in [6.07, 6.45) is 1.33. The lowest BCUT2D eigenvalue weighted by atomic mass is 10.4. The van der Waals surface area contributed by atoms with Gasteiger partial charge in [0, 0.05) is 13.0 Å². The maximum Gasteiger partial charge on any atom is 0.222 e. The van der Waals surface area contributed by atoms with Gasteiger partial charge < -0.3 is 39.5 Å². The summed E-state index contributed by atoms with van der Waals surface area (Å²) >= 11 is 0. The van der Waals surface area contributed by atoms with Gasteiger partial charge in [0.1, 0.15) is 0 Å². The van der Waals surface area contributed by atoms with Crippen molar-refractivity contribution >= 4 is 5.91 Å². The molecule has 1 amide bonds. The van der Waals surface area contributed by atoms with Crippen molar-refractivity contribution in [1.29, 1.82) is 0 Å². The van der Waals surface area contributed by atoms with Crippen molar-refractivity contribution < 1.29 is 38.9 Å². The van der Waals surface area contributed by atoms with Crippen LogP contribution in [0, 0.1) is 0 Å². The molecule has 0 spiro atoms. The zero-order valence-electron chi connectivity index (χ0n) is 16.9. The summed E-state index contributed by atoms with van der Waals surface area (Å²) < 4.78 is 32.1. The maximum atomic E-state index is 11.3. The molecule has 162 valence electrons. The van der Waals surface area contributed by atoms with Gasteiger partial charge in [-0.05, 0) is 6.42 Å². The molecule has 9 heteroatoms. The molecule has 27 heavy (non-hydrogen) atoms. The van der Waals surface area contributed by atoms with E-state index in [4.69, 9.17) is 28.4 Å². The number of ether oxygens (including phenoxy) is 6. The first-order chi connectivity index (χ1) is 13.3. The Morgan fingerprint density at radius 3 is 1.41 bits per heavy atom. The van der Waals surface area contributed by atoms with Crippen molar-refractivity contribution in [2.45, 2.75) is 19.8 Å². The Hall–Kier alpha value is -0.810. The Morgan fingerprint density at radius 2 is 1.04 bits per heavy atom. The molecule has 0 aromatic rings. The number of carbonyl (C=O) groups is 1. The molecule has 0 fully saturated rings. The Morgan fingerprint density at radius 1 is 0.667 bits per heavy atom. The fraction of sp³-hybridized carbons (Fsp3) is 0.944. The minimum atomic E-state index is 0.0266. The van der Waals surface area contributed by atoms with E-state index >= 15 is 0 Å². The summed E-state index contributed by atoms with van der Waals surface area (Å²) in [6.45, 7) is 9.93. The van der Waals surface area contributed by atoms with Crippen LogP contribution in [0.4, 0.5) is 0 Å². The van der Waals surface area contributed by atoms with E-state index in [-0.39, 0.29) is 5.91 Å². The van der Waals surface area contributed by atoms with E-state index in [9.17, 15) is 4.79 Å². The van der Waals surface area contributed by atoms with Crippen LogP contribution in [0.15, 0.2) is 0 Å². The van der Waals surface area contributed by atoms with Crippen LogP contribution in [0.2, 0.25) is 0 Å². The first-order valence-corrected chi connectivity index (χ1v) is 9.83. The van der Waals surface area contributed by atoms with Crippen molar-refractivity contribution in [3.8, 4) is 0 Å². The minimum Gasteiger partial charge on any atom is -0.379 e. The quantitative estimate of drug-likeness (QED) is 0.232. The smallest absolute Gasteiger partial charge is 0.222 e. The Bertz CT molecular complexity index is 309. The Kier molecular flexibility index (Phi) is 22.5. The maximum absolute atomic E-state index is 11.3. The van der Waals surface area contributed by atoms with Gasteiger partial charge in [0.25, 0.3) is 0 Å². The number of hydrogen-bond donors (Lipinski definition) is 2. The number of nitrogens with one attached hydrogen (secondary N) is 1. The number of quaternary nitrogens is 1. The number of carbonyl (C=O) groups excluding carboxylic acids is 1. The van der Waals surface area contributed by atoms with Gasteiger partial charge in [0.15, 0.2) is 0 Å². The average Bonchev–Trinajstić information content (AvgIpc) is 2.68. The summed E-state index contributed by atoms with van der Waals surface area (Å²) in [7, 11) is 0. The number of hydrogen-bond acceptors (Lipinski definition) is 7. The van der Waals surface area contributed by atoms with Crippen molar-refractivity contribution in [2.24, 2.45) is 0 Å². The van der Waals surface area contributed by atoms with Crippen LogP contribution in [0.25, 0.3) is 0 Å². The first-order valence-electron chi connectivity index (χ1n) is 9.83. The molecule has 4 N–H and O–H groups in total. The van der Waals surface area contributed by atoms with Crippen LogP contribution in [0.3, 0.4) is 0 Å². The molecular formula is C18H39N2O7+. The van der Waals surface area contributed by atoms with Crippen LogP contribution >= 0.6 is 0 Å². The van der Waals surface area contributed by atoms with Crippen LogP contribution in [-0.2, 0) is 33.2 Å². The third-order valence-corrected chi connectivity index (χ3v) is 3.19. The van der Waals surface area contributed by atoms with Gasteiger partial charge in [-0.25, -0.2) is 0 Å². The molecule has 0 rings (SSSR count). The Labute approximate surface area is 163 Å². The molecule has 0 radical (unpaired) electrons. The predicted octanol–water partition coefficient (Wildman–Crippen LogP) is -0.756. The standard InChI is InChI=1S/C18H38N2O7/c1-2-5-20-18(21)3-6-22-8-10-24-12-14-26-16-17-27-15-13-25-11-9-23-7-4-19/h2-17,19H2,1H3,(H,20,21)/p+1. The highest BCUT2D eigenvalue weighted by atomic mass is 16.6. The lowest BCUT2D eigenvalue weighted by Crippen LogP contribution is -2.52. The van der Waals surface area contributed by atoms with E-state index in [1.54, 1.807) is 0 Å². The molecule has 0 aromatic heterocycles. The first kappa shape index (κ1) is 26.2. The molecular weight excluding hydrogens is 356 g/mol. The van der Waals surface area contributed by atoms with E-state index in [2.05, 4.69) is 11.1 Å². The number of amides is 1. The highest BCUT2D eigenvalue weighted by Gasteiger charge is 1.99. The van der Waals surface area contributed by atoms with Crippen molar-refractivity contribution in [1.82, 2.24) is 5.32 Å². The fourth-order valence-corrected chi connectivity index (χ4v) is 1.82. The Balaban J connectivity index is 3.04. The van der Waals surface area contributed by atoms with E-state index in [0.29, 0.717) is 92.2 Å².